The van der Waals surface area contributed by atoms with E-state index in [-0.39, 0.29) is 0 Å². The van der Waals surface area contributed by atoms with Crippen LogP contribution in [0.1, 0.15) is 25.5 Å². The van der Waals surface area contributed by atoms with E-state index in [1.54, 1.807) is 0 Å². The molecule has 0 amide bonds. The van der Waals surface area contributed by atoms with E-state index in [0.717, 1.165) is 34.1 Å². The van der Waals surface area contributed by atoms with Crippen molar-refractivity contribution in [3.05, 3.63) is 35.0 Å². The minimum atomic E-state index is 0.595. The quantitative estimate of drug-likeness (QED) is 0.848. The Morgan fingerprint density at radius 3 is 2.88 bits per heavy atom. The van der Waals surface area contributed by atoms with Crippen LogP contribution in [0.5, 0.6) is 0 Å². The SMILES string of the molecule is CC(NCc1[nH]c2ccccc2c1Cl)C1CC1. The minimum absolute atomic E-state index is 0.595. The Hall–Kier alpha value is -0.990. The molecule has 0 aliphatic heterocycles. The van der Waals surface area contributed by atoms with Gasteiger partial charge in [0.1, 0.15) is 0 Å². The number of aromatic amines is 1. The van der Waals surface area contributed by atoms with Crippen LogP contribution >= 0.6 is 11.6 Å². The lowest BCUT2D eigenvalue weighted by atomic mass is 10.2. The molecule has 0 spiro atoms. The molecule has 2 N–H and O–H groups in total. The van der Waals surface area contributed by atoms with Crippen LogP contribution in [0.3, 0.4) is 0 Å². The van der Waals surface area contributed by atoms with Gasteiger partial charge in [-0.25, -0.2) is 0 Å². The Kier molecular flexibility index (Phi) is 2.85. The van der Waals surface area contributed by atoms with Crippen molar-refractivity contribution in [1.82, 2.24) is 10.3 Å². The highest BCUT2D eigenvalue weighted by Gasteiger charge is 2.27. The van der Waals surface area contributed by atoms with E-state index in [2.05, 4.69) is 29.4 Å². The van der Waals surface area contributed by atoms with Gasteiger partial charge in [0.15, 0.2) is 0 Å². The van der Waals surface area contributed by atoms with E-state index >= 15 is 0 Å². The van der Waals surface area contributed by atoms with E-state index in [4.69, 9.17) is 11.6 Å². The standard InChI is InChI=1S/C14H17ClN2/c1-9(10-6-7-10)16-8-13-14(15)11-4-2-3-5-12(11)17-13/h2-5,9-10,16-17H,6-8H2,1H3. The summed E-state index contributed by atoms with van der Waals surface area (Å²) < 4.78 is 0. The number of para-hydroxylation sites is 1. The zero-order valence-corrected chi connectivity index (χ0v) is 10.7. The summed E-state index contributed by atoms with van der Waals surface area (Å²) in [7, 11) is 0. The van der Waals surface area contributed by atoms with Crippen LogP contribution < -0.4 is 5.32 Å². The summed E-state index contributed by atoms with van der Waals surface area (Å²) in [4.78, 5) is 3.38. The lowest BCUT2D eigenvalue weighted by molar-refractivity contribution is 0.493. The molecule has 2 nitrogen and oxygen atoms in total. The van der Waals surface area contributed by atoms with Gasteiger partial charge in [0.05, 0.1) is 5.02 Å². The molecule has 3 rings (SSSR count). The average Bonchev–Trinajstić information content (AvgIpc) is 3.14. The zero-order chi connectivity index (χ0) is 11.8. The van der Waals surface area contributed by atoms with Crippen molar-refractivity contribution < 1.29 is 0 Å². The van der Waals surface area contributed by atoms with Gasteiger partial charge in [-0.3, -0.25) is 0 Å². The summed E-state index contributed by atoms with van der Waals surface area (Å²) >= 11 is 6.36. The molecule has 1 aromatic heterocycles. The number of H-pyrrole nitrogens is 1. The Labute approximate surface area is 106 Å². The highest BCUT2D eigenvalue weighted by atomic mass is 35.5. The number of hydrogen-bond acceptors (Lipinski definition) is 1. The Morgan fingerprint density at radius 2 is 2.18 bits per heavy atom. The number of hydrogen-bond donors (Lipinski definition) is 2. The molecule has 3 heteroatoms. The van der Waals surface area contributed by atoms with E-state index in [1.807, 2.05) is 12.1 Å². The molecule has 0 bridgehead atoms. The van der Waals surface area contributed by atoms with Crippen molar-refractivity contribution in [3.63, 3.8) is 0 Å². The first-order valence-corrected chi connectivity index (χ1v) is 6.62. The van der Waals surface area contributed by atoms with Crippen molar-refractivity contribution in [2.75, 3.05) is 0 Å². The van der Waals surface area contributed by atoms with Crippen LogP contribution in [0.2, 0.25) is 5.02 Å². The molecular formula is C14H17ClN2. The third-order valence-electron chi connectivity index (χ3n) is 3.64. The summed E-state index contributed by atoms with van der Waals surface area (Å²) in [5.41, 5.74) is 2.22. The maximum atomic E-state index is 6.36. The third kappa shape index (κ3) is 2.20. The van der Waals surface area contributed by atoms with Crippen LogP contribution in [-0.4, -0.2) is 11.0 Å². The van der Waals surface area contributed by atoms with Gasteiger partial charge >= 0.3 is 0 Å². The first kappa shape index (κ1) is 11.1. The number of benzene rings is 1. The van der Waals surface area contributed by atoms with Crippen molar-refractivity contribution in [2.24, 2.45) is 5.92 Å². The van der Waals surface area contributed by atoms with E-state index in [1.165, 1.54) is 12.8 Å². The maximum Gasteiger partial charge on any atom is 0.0705 e. The average molecular weight is 249 g/mol. The fraction of sp³-hybridized carbons (Fsp3) is 0.429. The largest absolute Gasteiger partial charge is 0.356 e. The van der Waals surface area contributed by atoms with Crippen LogP contribution in [0, 0.1) is 5.92 Å². The topological polar surface area (TPSA) is 27.8 Å². The summed E-state index contributed by atoms with van der Waals surface area (Å²) in [6.07, 6.45) is 2.74. The predicted octanol–water partition coefficient (Wildman–Crippen LogP) is 3.71. The Morgan fingerprint density at radius 1 is 1.41 bits per heavy atom. The smallest absolute Gasteiger partial charge is 0.0705 e. The molecule has 2 aromatic rings. The molecule has 1 unspecified atom stereocenters. The molecular weight excluding hydrogens is 232 g/mol. The molecule has 1 heterocycles. The monoisotopic (exact) mass is 248 g/mol. The van der Waals surface area contributed by atoms with E-state index in [0.29, 0.717) is 6.04 Å². The Balaban J connectivity index is 1.77. The van der Waals surface area contributed by atoms with E-state index < -0.39 is 0 Å². The molecule has 0 radical (unpaired) electrons. The van der Waals surface area contributed by atoms with Gasteiger partial charge in [-0.15, -0.1) is 0 Å². The van der Waals surface area contributed by atoms with Gasteiger partial charge in [0.25, 0.3) is 0 Å². The molecule has 1 aliphatic carbocycles. The number of nitrogens with one attached hydrogen (secondary N) is 2. The van der Waals surface area contributed by atoms with Gasteiger partial charge in [-0.05, 0) is 31.7 Å². The highest BCUT2D eigenvalue weighted by Crippen LogP contribution is 2.33. The second-order valence-electron chi connectivity index (χ2n) is 4.97. The normalized spacial score (nSPS) is 17.5. The van der Waals surface area contributed by atoms with E-state index in [9.17, 15) is 0 Å². The van der Waals surface area contributed by atoms with Crippen molar-refractivity contribution in [1.29, 1.82) is 0 Å². The molecule has 90 valence electrons. The van der Waals surface area contributed by atoms with Crippen molar-refractivity contribution in [2.45, 2.75) is 32.4 Å². The molecule has 1 fully saturated rings. The zero-order valence-electron chi connectivity index (χ0n) is 9.96. The first-order valence-electron chi connectivity index (χ1n) is 6.24. The second-order valence-corrected chi connectivity index (χ2v) is 5.35. The molecule has 0 saturated heterocycles. The minimum Gasteiger partial charge on any atom is -0.356 e. The van der Waals surface area contributed by atoms with Crippen LogP contribution in [-0.2, 0) is 6.54 Å². The van der Waals surface area contributed by atoms with Gasteiger partial charge < -0.3 is 10.3 Å². The van der Waals surface area contributed by atoms with Crippen molar-refractivity contribution in [3.8, 4) is 0 Å². The fourth-order valence-corrected chi connectivity index (χ4v) is 2.59. The summed E-state index contributed by atoms with van der Waals surface area (Å²) in [5.74, 6) is 0.873. The van der Waals surface area contributed by atoms with Crippen molar-refractivity contribution >= 4 is 22.5 Å². The van der Waals surface area contributed by atoms with Gasteiger partial charge in [-0.2, -0.15) is 0 Å². The van der Waals surface area contributed by atoms with Gasteiger partial charge in [0.2, 0.25) is 0 Å². The summed E-state index contributed by atoms with van der Waals surface area (Å²) in [6.45, 7) is 3.08. The number of aromatic nitrogens is 1. The number of halogens is 1. The lowest BCUT2D eigenvalue weighted by Crippen LogP contribution is -2.27. The molecule has 1 atom stereocenters. The number of rotatable bonds is 4. The van der Waals surface area contributed by atoms with Crippen LogP contribution in [0.15, 0.2) is 24.3 Å². The van der Waals surface area contributed by atoms with Crippen LogP contribution in [0.4, 0.5) is 0 Å². The second kappa shape index (κ2) is 4.35. The van der Waals surface area contributed by atoms with Crippen LogP contribution in [0.25, 0.3) is 10.9 Å². The Bertz CT molecular complexity index is 528. The highest BCUT2D eigenvalue weighted by molar-refractivity contribution is 6.36. The molecule has 1 aliphatic rings. The summed E-state index contributed by atoms with van der Waals surface area (Å²) in [5, 5.41) is 5.52. The number of fused-ring (bicyclic) bond motifs is 1. The third-order valence-corrected chi connectivity index (χ3v) is 4.08. The fourth-order valence-electron chi connectivity index (χ4n) is 2.31. The molecule has 1 aromatic carbocycles. The van der Waals surface area contributed by atoms with Gasteiger partial charge in [-0.1, -0.05) is 29.8 Å². The predicted molar refractivity (Wildman–Crippen MR) is 72.3 cm³/mol. The molecule has 17 heavy (non-hydrogen) atoms. The first-order chi connectivity index (χ1) is 8.25. The summed E-state index contributed by atoms with van der Waals surface area (Å²) in [6, 6.07) is 8.76. The molecule has 1 saturated carbocycles. The maximum absolute atomic E-state index is 6.36. The van der Waals surface area contributed by atoms with Gasteiger partial charge in [0, 0.05) is 29.2 Å². The lowest BCUT2D eigenvalue weighted by Gasteiger charge is -2.11.